The van der Waals surface area contributed by atoms with E-state index in [2.05, 4.69) is 25.6 Å². The van der Waals surface area contributed by atoms with Gasteiger partial charge in [-0.3, -0.25) is 0 Å². The van der Waals surface area contributed by atoms with E-state index < -0.39 is 28.3 Å². The van der Waals surface area contributed by atoms with Crippen molar-refractivity contribution in [2.75, 3.05) is 0 Å². The number of pyridine rings is 1. The third kappa shape index (κ3) is 4.43. The molecule has 2 aromatic rings. The van der Waals surface area contributed by atoms with Gasteiger partial charge in [-0.25, -0.2) is 18.1 Å². The summed E-state index contributed by atoms with van der Waals surface area (Å²) in [5, 5.41) is 0.0753. The van der Waals surface area contributed by atoms with Gasteiger partial charge in [-0.05, 0) is 33.6 Å². The van der Waals surface area contributed by atoms with Crippen molar-refractivity contribution in [1.29, 1.82) is 0 Å². The summed E-state index contributed by atoms with van der Waals surface area (Å²) in [5.41, 5.74) is -1.07. The predicted molar refractivity (Wildman–Crippen MR) is 82.4 cm³/mol. The second kappa shape index (κ2) is 6.76. The van der Waals surface area contributed by atoms with Gasteiger partial charge in [0.1, 0.15) is 10.0 Å². The van der Waals surface area contributed by atoms with Crippen LogP contribution in [0, 0.1) is 0 Å². The minimum Gasteiger partial charge on any atom is -0.242 e. The number of rotatable bonds is 4. The van der Waals surface area contributed by atoms with Gasteiger partial charge in [-0.2, -0.15) is 13.2 Å². The molecule has 1 aromatic carbocycles. The lowest BCUT2D eigenvalue weighted by Gasteiger charge is -2.13. The van der Waals surface area contributed by atoms with Crippen LogP contribution < -0.4 is 4.72 Å². The quantitative estimate of drug-likeness (QED) is 0.748. The standard InChI is InChI=1S/C13H9BrClF3N2O2S/c14-11-5-9(7-19-12(11)15)23(21,22)20-6-8-3-1-2-4-10(8)13(16,17)18/h1-5,7,20H,6H2. The topological polar surface area (TPSA) is 59.1 Å². The van der Waals surface area contributed by atoms with Crippen LogP contribution in [0.25, 0.3) is 0 Å². The predicted octanol–water partition coefficient (Wildman–Crippen LogP) is 3.99. The number of halogens is 5. The van der Waals surface area contributed by atoms with Gasteiger partial charge in [0.05, 0.1) is 10.0 Å². The molecule has 1 aromatic heterocycles. The van der Waals surface area contributed by atoms with Crippen LogP contribution in [0.5, 0.6) is 0 Å². The van der Waals surface area contributed by atoms with E-state index in [9.17, 15) is 21.6 Å². The summed E-state index contributed by atoms with van der Waals surface area (Å²) in [7, 11) is -4.03. The number of sulfonamides is 1. The zero-order chi connectivity index (χ0) is 17.3. The first-order valence-corrected chi connectivity index (χ1v) is 8.72. The Morgan fingerprint density at radius 1 is 1.26 bits per heavy atom. The third-order valence-corrected chi connectivity index (χ3v) is 5.36. The number of nitrogens with zero attached hydrogens (tertiary/aromatic N) is 1. The van der Waals surface area contributed by atoms with Crippen LogP contribution in [0.3, 0.4) is 0 Å². The van der Waals surface area contributed by atoms with E-state index in [1.165, 1.54) is 24.3 Å². The van der Waals surface area contributed by atoms with Gasteiger partial charge in [-0.15, -0.1) is 0 Å². The van der Waals surface area contributed by atoms with Gasteiger partial charge in [0.15, 0.2) is 0 Å². The fourth-order valence-corrected chi connectivity index (χ4v) is 3.34. The molecule has 0 bridgehead atoms. The smallest absolute Gasteiger partial charge is 0.242 e. The fourth-order valence-electron chi connectivity index (χ4n) is 1.76. The van der Waals surface area contributed by atoms with Crippen molar-refractivity contribution >= 4 is 37.6 Å². The molecule has 0 amide bonds. The molecule has 0 atom stereocenters. The first-order valence-electron chi connectivity index (χ1n) is 6.07. The minimum absolute atomic E-state index is 0.0753. The second-order valence-electron chi connectivity index (χ2n) is 4.42. The molecule has 1 N–H and O–H groups in total. The largest absolute Gasteiger partial charge is 0.416 e. The van der Waals surface area contributed by atoms with Crippen molar-refractivity contribution in [3.05, 3.63) is 57.3 Å². The Hall–Kier alpha value is -1.16. The Morgan fingerprint density at radius 2 is 1.91 bits per heavy atom. The number of nitrogens with one attached hydrogen (secondary N) is 1. The Bertz CT molecular complexity index is 828. The molecular weight excluding hydrogens is 421 g/mol. The lowest BCUT2D eigenvalue weighted by molar-refractivity contribution is -0.138. The highest BCUT2D eigenvalue weighted by atomic mass is 79.9. The Kier molecular flexibility index (Phi) is 5.34. The highest BCUT2D eigenvalue weighted by molar-refractivity contribution is 9.10. The van der Waals surface area contributed by atoms with E-state index in [-0.39, 0.29) is 20.1 Å². The number of hydrogen-bond donors (Lipinski definition) is 1. The monoisotopic (exact) mass is 428 g/mol. The molecule has 0 radical (unpaired) electrons. The van der Waals surface area contributed by atoms with Crippen molar-refractivity contribution in [3.63, 3.8) is 0 Å². The number of benzene rings is 1. The van der Waals surface area contributed by atoms with Gasteiger partial charge in [0.25, 0.3) is 0 Å². The molecule has 0 spiro atoms. The lowest BCUT2D eigenvalue weighted by atomic mass is 10.1. The first-order chi connectivity index (χ1) is 10.6. The van der Waals surface area contributed by atoms with E-state index in [0.29, 0.717) is 0 Å². The number of aromatic nitrogens is 1. The van der Waals surface area contributed by atoms with Crippen molar-refractivity contribution in [2.24, 2.45) is 0 Å². The van der Waals surface area contributed by atoms with E-state index in [1.807, 2.05) is 0 Å². The summed E-state index contributed by atoms with van der Waals surface area (Å²) in [5.74, 6) is 0. The molecule has 10 heteroatoms. The second-order valence-corrected chi connectivity index (χ2v) is 7.40. The highest BCUT2D eigenvalue weighted by Crippen LogP contribution is 2.32. The van der Waals surface area contributed by atoms with Gasteiger partial charge in [0, 0.05) is 12.7 Å². The Labute approximate surface area is 143 Å². The average Bonchev–Trinajstić information content (AvgIpc) is 2.47. The minimum atomic E-state index is -4.56. The van der Waals surface area contributed by atoms with Gasteiger partial charge < -0.3 is 0 Å². The maximum Gasteiger partial charge on any atom is 0.416 e. The van der Waals surface area contributed by atoms with Crippen LogP contribution in [-0.2, 0) is 22.7 Å². The molecule has 0 saturated carbocycles. The molecule has 4 nitrogen and oxygen atoms in total. The molecule has 23 heavy (non-hydrogen) atoms. The molecule has 124 valence electrons. The molecule has 0 aliphatic rings. The van der Waals surface area contributed by atoms with Crippen molar-refractivity contribution < 1.29 is 21.6 Å². The van der Waals surface area contributed by atoms with Crippen molar-refractivity contribution in [3.8, 4) is 0 Å². The lowest BCUT2D eigenvalue weighted by Crippen LogP contribution is -2.25. The van der Waals surface area contributed by atoms with Crippen LogP contribution in [0.2, 0.25) is 5.15 Å². The van der Waals surface area contributed by atoms with E-state index in [4.69, 9.17) is 11.6 Å². The van der Waals surface area contributed by atoms with Gasteiger partial charge in [-0.1, -0.05) is 29.8 Å². The average molecular weight is 430 g/mol. The van der Waals surface area contributed by atoms with E-state index in [0.717, 1.165) is 12.3 Å². The summed E-state index contributed by atoms with van der Waals surface area (Å²) >= 11 is 8.71. The molecule has 0 saturated heterocycles. The maximum absolute atomic E-state index is 12.9. The number of hydrogen-bond acceptors (Lipinski definition) is 3. The summed E-state index contributed by atoms with van der Waals surface area (Å²) in [6.07, 6.45) is -3.54. The zero-order valence-corrected chi connectivity index (χ0v) is 14.4. The third-order valence-electron chi connectivity index (χ3n) is 2.86. The molecule has 0 aliphatic heterocycles. The first kappa shape index (κ1) is 18.2. The van der Waals surface area contributed by atoms with Crippen LogP contribution in [-0.4, -0.2) is 13.4 Å². The molecule has 0 fully saturated rings. The summed E-state index contributed by atoms with van der Waals surface area (Å²) < 4.78 is 65.3. The van der Waals surface area contributed by atoms with Crippen molar-refractivity contribution in [1.82, 2.24) is 9.71 Å². The summed E-state index contributed by atoms with van der Waals surface area (Å²) in [6.45, 7) is -0.502. The molecule has 1 heterocycles. The maximum atomic E-state index is 12.9. The van der Waals surface area contributed by atoms with Crippen LogP contribution in [0.4, 0.5) is 13.2 Å². The van der Waals surface area contributed by atoms with Crippen LogP contribution in [0.1, 0.15) is 11.1 Å². The molecule has 0 unspecified atom stereocenters. The molecule has 2 rings (SSSR count). The fraction of sp³-hybridized carbons (Fsp3) is 0.154. The van der Waals surface area contributed by atoms with Crippen molar-refractivity contribution in [2.45, 2.75) is 17.6 Å². The SMILES string of the molecule is O=S(=O)(NCc1ccccc1C(F)(F)F)c1cnc(Cl)c(Br)c1. The Morgan fingerprint density at radius 3 is 2.52 bits per heavy atom. The van der Waals surface area contributed by atoms with Crippen LogP contribution >= 0.6 is 27.5 Å². The summed E-state index contributed by atoms with van der Waals surface area (Å²) in [6, 6.07) is 5.96. The normalized spacial score (nSPS) is 12.4. The van der Waals surface area contributed by atoms with Crippen LogP contribution in [0.15, 0.2) is 45.9 Å². The van der Waals surface area contributed by atoms with Gasteiger partial charge >= 0.3 is 6.18 Å². The summed E-state index contributed by atoms with van der Waals surface area (Å²) in [4.78, 5) is 3.47. The molecular formula is C13H9BrClF3N2O2S. The zero-order valence-electron chi connectivity index (χ0n) is 11.2. The molecule has 0 aliphatic carbocycles. The highest BCUT2D eigenvalue weighted by Gasteiger charge is 2.33. The van der Waals surface area contributed by atoms with E-state index >= 15 is 0 Å². The van der Waals surface area contributed by atoms with E-state index in [1.54, 1.807) is 0 Å². The Balaban J connectivity index is 2.25. The van der Waals surface area contributed by atoms with Gasteiger partial charge in [0.2, 0.25) is 10.0 Å². The number of alkyl halides is 3.